The van der Waals surface area contributed by atoms with Gasteiger partial charge in [-0.2, -0.15) is 5.26 Å². The molecule has 0 aromatic carbocycles. The van der Waals surface area contributed by atoms with Crippen LogP contribution in [0.4, 0.5) is 0 Å². The lowest BCUT2D eigenvalue weighted by molar-refractivity contribution is 1.58. The van der Waals surface area contributed by atoms with Crippen molar-refractivity contribution in [1.82, 2.24) is 0 Å². The Balaban J connectivity index is 0. The molecular weight excluding hydrogens is 165 g/mol. The zero-order chi connectivity index (χ0) is 2.71. The summed E-state index contributed by atoms with van der Waals surface area (Å²) in [6.45, 7) is 0. The summed E-state index contributed by atoms with van der Waals surface area (Å²) in [4.78, 5) is 0. The van der Waals surface area contributed by atoms with Gasteiger partial charge in [0.25, 0.3) is 0 Å². The second kappa shape index (κ2) is 10.7. The first-order valence-corrected chi connectivity index (χ1v) is 1.49. The Morgan fingerprint density at radius 3 is 1.75 bits per heavy atom. The minimum atomic E-state index is 0. The predicted octanol–water partition coefficient (Wildman–Crippen LogP) is 1.54. The van der Waals surface area contributed by atoms with Crippen molar-refractivity contribution in [2.45, 2.75) is 7.43 Å². The smallest absolute Gasteiger partial charge is 0.134 e. The molecule has 0 atom stereocenters. The van der Waals surface area contributed by atoms with E-state index in [-0.39, 0.29) is 7.43 Å². The maximum atomic E-state index is 7.31. The highest BCUT2D eigenvalue weighted by molar-refractivity contribution is 14.1. The SMILES string of the molecule is C.N#CI. The number of hydrogen-bond donors (Lipinski definition) is 0. The lowest BCUT2D eigenvalue weighted by atomic mass is 11.8. The molecule has 0 rings (SSSR count). The third kappa shape index (κ3) is 68.3. The molecule has 24 valence electrons. The van der Waals surface area contributed by atoms with E-state index in [0.29, 0.717) is 0 Å². The van der Waals surface area contributed by atoms with Crippen LogP contribution in [0.3, 0.4) is 0 Å². The van der Waals surface area contributed by atoms with Crippen molar-refractivity contribution < 1.29 is 0 Å². The summed E-state index contributed by atoms with van der Waals surface area (Å²) < 4.78 is 1.72. The van der Waals surface area contributed by atoms with Crippen molar-refractivity contribution in [2.75, 3.05) is 0 Å². The van der Waals surface area contributed by atoms with Crippen molar-refractivity contribution in [1.29, 1.82) is 5.26 Å². The Kier molecular flexibility index (Phi) is 23.7. The molecular formula is C2H4IN. The molecule has 0 spiro atoms. The summed E-state index contributed by atoms with van der Waals surface area (Å²) in [5.74, 6) is 0. The van der Waals surface area contributed by atoms with E-state index < -0.39 is 0 Å². The van der Waals surface area contributed by atoms with Crippen LogP contribution in [-0.2, 0) is 0 Å². The fourth-order valence-electron chi connectivity index (χ4n) is 0. The number of rotatable bonds is 0. The highest BCUT2D eigenvalue weighted by Crippen LogP contribution is 1.60. The Morgan fingerprint density at radius 2 is 1.75 bits per heavy atom. The van der Waals surface area contributed by atoms with Gasteiger partial charge in [0.1, 0.15) is 4.08 Å². The Morgan fingerprint density at radius 1 is 1.75 bits per heavy atom. The zero-order valence-electron chi connectivity index (χ0n) is 1.33. The fourth-order valence-corrected chi connectivity index (χ4v) is 0. The maximum Gasteiger partial charge on any atom is 0.134 e. The summed E-state index contributed by atoms with van der Waals surface area (Å²) in [6.07, 6.45) is 0. The van der Waals surface area contributed by atoms with Crippen LogP contribution < -0.4 is 0 Å². The van der Waals surface area contributed by atoms with Gasteiger partial charge in [-0.25, -0.2) is 0 Å². The van der Waals surface area contributed by atoms with E-state index in [1.807, 2.05) is 0 Å². The van der Waals surface area contributed by atoms with Gasteiger partial charge in [-0.3, -0.25) is 0 Å². The molecule has 0 N–H and O–H groups in total. The average Bonchev–Trinajstić information content (AvgIpc) is 0.918. The molecule has 0 fully saturated rings. The second-order valence-electron chi connectivity index (χ2n) is 0.0845. The molecule has 0 aromatic heterocycles. The van der Waals surface area contributed by atoms with Crippen molar-refractivity contribution in [3.8, 4) is 4.08 Å². The highest BCUT2D eigenvalue weighted by Gasteiger charge is 1.22. The molecule has 2 heteroatoms. The van der Waals surface area contributed by atoms with E-state index in [0.717, 1.165) is 0 Å². The minimum absolute atomic E-state index is 0. The van der Waals surface area contributed by atoms with Gasteiger partial charge in [0.05, 0.1) is 22.6 Å². The third-order valence-electron chi connectivity index (χ3n) is 0. The van der Waals surface area contributed by atoms with E-state index >= 15 is 0 Å². The van der Waals surface area contributed by atoms with Crippen LogP contribution in [-0.4, -0.2) is 0 Å². The van der Waals surface area contributed by atoms with Crippen LogP contribution in [0.2, 0.25) is 0 Å². The first-order chi connectivity index (χ1) is 1.41. The van der Waals surface area contributed by atoms with E-state index in [1.54, 1.807) is 26.7 Å². The Hall–Kier alpha value is 0.220. The summed E-state index contributed by atoms with van der Waals surface area (Å²) >= 11 is 1.59. The van der Waals surface area contributed by atoms with Gasteiger partial charge in [0.2, 0.25) is 0 Å². The molecule has 0 bridgehead atoms. The van der Waals surface area contributed by atoms with E-state index in [9.17, 15) is 0 Å². The first-order valence-electron chi connectivity index (χ1n) is 0.413. The number of hydrogen-bond acceptors (Lipinski definition) is 1. The summed E-state index contributed by atoms with van der Waals surface area (Å²) in [5, 5.41) is 7.31. The molecule has 0 radical (unpaired) electrons. The molecule has 0 aromatic rings. The van der Waals surface area contributed by atoms with Gasteiger partial charge in [-0.15, -0.1) is 0 Å². The average molecular weight is 169 g/mol. The van der Waals surface area contributed by atoms with Crippen LogP contribution in [0.25, 0.3) is 0 Å². The van der Waals surface area contributed by atoms with Crippen LogP contribution in [0.15, 0.2) is 0 Å². The topological polar surface area (TPSA) is 23.8 Å². The van der Waals surface area contributed by atoms with Crippen molar-refractivity contribution in [3.63, 3.8) is 0 Å². The quantitative estimate of drug-likeness (QED) is 0.504. The van der Waals surface area contributed by atoms with Gasteiger partial charge >= 0.3 is 0 Å². The second-order valence-corrected chi connectivity index (χ2v) is 0.567. The number of halogens is 1. The van der Waals surface area contributed by atoms with Crippen LogP contribution >= 0.6 is 22.6 Å². The van der Waals surface area contributed by atoms with E-state index in [1.165, 1.54) is 0 Å². The predicted molar refractivity (Wildman–Crippen MR) is 26.4 cm³/mol. The number of nitriles is 1. The summed E-state index contributed by atoms with van der Waals surface area (Å²) in [6, 6.07) is 0. The maximum absolute atomic E-state index is 7.31. The van der Waals surface area contributed by atoms with Gasteiger partial charge in [0.15, 0.2) is 0 Å². The van der Waals surface area contributed by atoms with Crippen molar-refractivity contribution in [3.05, 3.63) is 0 Å². The molecule has 0 saturated carbocycles. The van der Waals surface area contributed by atoms with Gasteiger partial charge in [0, 0.05) is 0 Å². The monoisotopic (exact) mass is 169 g/mol. The molecule has 0 amide bonds. The first kappa shape index (κ1) is 8.88. The van der Waals surface area contributed by atoms with Crippen LogP contribution in [0.1, 0.15) is 7.43 Å². The summed E-state index contributed by atoms with van der Waals surface area (Å²) in [7, 11) is 0. The Labute approximate surface area is 39.8 Å². The van der Waals surface area contributed by atoms with Crippen LogP contribution in [0.5, 0.6) is 0 Å². The third-order valence-corrected chi connectivity index (χ3v) is 0. The lowest BCUT2D eigenvalue weighted by Crippen LogP contribution is -0.913. The molecule has 4 heavy (non-hydrogen) atoms. The van der Waals surface area contributed by atoms with Gasteiger partial charge in [-0.1, -0.05) is 7.43 Å². The molecule has 0 unspecified atom stereocenters. The molecule has 0 aliphatic heterocycles. The molecule has 0 aliphatic rings. The van der Waals surface area contributed by atoms with Crippen molar-refractivity contribution in [2.24, 2.45) is 0 Å². The van der Waals surface area contributed by atoms with Gasteiger partial charge in [-0.05, 0) is 0 Å². The van der Waals surface area contributed by atoms with Crippen LogP contribution in [0, 0.1) is 9.34 Å². The lowest BCUT2D eigenvalue weighted by Gasteiger charge is -1.10. The standard InChI is InChI=1S/CIN.CH4/c2-1-3;/h;1H4. The minimum Gasteiger partial charge on any atom is -0.186 e. The van der Waals surface area contributed by atoms with E-state index in [4.69, 9.17) is 5.26 Å². The normalized spacial score (nSPS) is 2.00. The van der Waals surface area contributed by atoms with Gasteiger partial charge < -0.3 is 0 Å². The Bertz CT molecular complexity index is 27.5. The fraction of sp³-hybridized carbons (Fsp3) is 0.500. The van der Waals surface area contributed by atoms with Crippen molar-refractivity contribution >= 4 is 22.6 Å². The molecule has 0 aliphatic carbocycles. The molecule has 0 heterocycles. The number of nitrogens with zero attached hydrogens (tertiary/aromatic N) is 1. The molecule has 0 saturated heterocycles. The molecule has 1 nitrogen and oxygen atoms in total. The van der Waals surface area contributed by atoms with E-state index in [2.05, 4.69) is 0 Å². The zero-order valence-corrected chi connectivity index (χ0v) is 3.48. The highest BCUT2D eigenvalue weighted by atomic mass is 127. The largest absolute Gasteiger partial charge is 0.186 e. The summed E-state index contributed by atoms with van der Waals surface area (Å²) in [5.41, 5.74) is 0.